The zero-order valence-electron chi connectivity index (χ0n) is 9.01. The third-order valence-corrected chi connectivity index (χ3v) is 3.96. The molecule has 7 heteroatoms. The van der Waals surface area contributed by atoms with Crippen molar-refractivity contribution in [1.82, 2.24) is 8.98 Å². The first-order valence-corrected chi connectivity index (χ1v) is 6.59. The highest BCUT2D eigenvalue weighted by Gasteiger charge is 2.21. The SMILES string of the molecule is CC(C(O)CN(C)S(C)(=O)=O)N(C)P. The van der Waals surface area contributed by atoms with Crippen LogP contribution in [0, 0.1) is 0 Å². The van der Waals surface area contributed by atoms with E-state index >= 15 is 0 Å². The summed E-state index contributed by atoms with van der Waals surface area (Å²) in [7, 11) is 2.49. The van der Waals surface area contributed by atoms with Gasteiger partial charge in [-0.3, -0.25) is 4.67 Å². The Morgan fingerprint density at radius 2 is 1.86 bits per heavy atom. The molecule has 0 amide bonds. The van der Waals surface area contributed by atoms with Crippen molar-refractivity contribution in [3.63, 3.8) is 0 Å². The van der Waals surface area contributed by atoms with Crippen LogP contribution in [0.15, 0.2) is 0 Å². The third kappa shape index (κ3) is 4.66. The van der Waals surface area contributed by atoms with E-state index in [9.17, 15) is 13.5 Å². The molecule has 0 aliphatic rings. The summed E-state index contributed by atoms with van der Waals surface area (Å²) in [6, 6.07) is -0.107. The summed E-state index contributed by atoms with van der Waals surface area (Å²) >= 11 is 0. The van der Waals surface area contributed by atoms with Gasteiger partial charge < -0.3 is 5.11 Å². The van der Waals surface area contributed by atoms with Gasteiger partial charge in [0.05, 0.1) is 12.4 Å². The Hall–Kier alpha value is 0.260. The zero-order chi connectivity index (χ0) is 11.5. The van der Waals surface area contributed by atoms with Crippen molar-refractivity contribution in [2.24, 2.45) is 0 Å². The van der Waals surface area contributed by atoms with Gasteiger partial charge in [0, 0.05) is 19.6 Å². The molecule has 0 aliphatic heterocycles. The monoisotopic (exact) mass is 242 g/mol. The van der Waals surface area contributed by atoms with E-state index in [4.69, 9.17) is 0 Å². The molecule has 5 nitrogen and oxygen atoms in total. The van der Waals surface area contributed by atoms with Crippen LogP contribution in [0.3, 0.4) is 0 Å². The molecule has 0 saturated carbocycles. The summed E-state index contributed by atoms with van der Waals surface area (Å²) in [6.07, 6.45) is 0.423. The van der Waals surface area contributed by atoms with E-state index in [0.29, 0.717) is 0 Å². The second-order valence-electron chi connectivity index (χ2n) is 3.52. The van der Waals surface area contributed by atoms with Gasteiger partial charge in [0.25, 0.3) is 0 Å². The molecule has 0 aromatic rings. The van der Waals surface area contributed by atoms with Crippen LogP contribution >= 0.6 is 9.39 Å². The van der Waals surface area contributed by atoms with Crippen LogP contribution in [-0.2, 0) is 10.0 Å². The summed E-state index contributed by atoms with van der Waals surface area (Å²) in [5, 5.41) is 9.66. The van der Waals surface area contributed by atoms with Gasteiger partial charge in [-0.05, 0) is 14.0 Å². The first-order valence-electron chi connectivity index (χ1n) is 4.23. The van der Waals surface area contributed by atoms with E-state index in [0.717, 1.165) is 10.6 Å². The van der Waals surface area contributed by atoms with E-state index < -0.39 is 16.1 Å². The molecule has 0 fully saturated rings. The maximum Gasteiger partial charge on any atom is 0.211 e. The highest BCUT2D eigenvalue weighted by Crippen LogP contribution is 2.08. The highest BCUT2D eigenvalue weighted by molar-refractivity contribution is 7.88. The molecule has 0 spiro atoms. The lowest BCUT2D eigenvalue weighted by molar-refractivity contribution is 0.0956. The molecule has 14 heavy (non-hydrogen) atoms. The molecule has 0 radical (unpaired) electrons. The van der Waals surface area contributed by atoms with E-state index in [1.54, 1.807) is 11.7 Å². The minimum atomic E-state index is -3.21. The van der Waals surface area contributed by atoms with Crippen molar-refractivity contribution < 1.29 is 13.5 Å². The Kier molecular flexibility index (Phi) is 5.47. The van der Waals surface area contributed by atoms with E-state index in [-0.39, 0.29) is 12.6 Å². The average Bonchev–Trinajstić information content (AvgIpc) is 2.00. The molecular formula is C7H19N2O3PS. The molecule has 0 aromatic heterocycles. The number of nitrogens with zero attached hydrogens (tertiary/aromatic N) is 2. The van der Waals surface area contributed by atoms with Gasteiger partial charge in [-0.1, -0.05) is 9.39 Å². The summed E-state index contributed by atoms with van der Waals surface area (Å²) in [5.41, 5.74) is 0. The standard InChI is InChI=1S/C7H19N2O3PS/c1-6(9(3)13)7(10)5-8(2)14(4,11)12/h6-7,10H,5,13H2,1-4H3. The van der Waals surface area contributed by atoms with Gasteiger partial charge in [-0.2, -0.15) is 0 Å². The quantitative estimate of drug-likeness (QED) is 0.651. The van der Waals surface area contributed by atoms with Crippen molar-refractivity contribution >= 4 is 19.4 Å². The lowest BCUT2D eigenvalue weighted by Crippen LogP contribution is -2.42. The molecule has 3 atom stereocenters. The number of likely N-dealkylation sites (N-methyl/N-ethyl adjacent to an activating group) is 2. The van der Waals surface area contributed by atoms with E-state index in [1.165, 1.54) is 7.05 Å². The van der Waals surface area contributed by atoms with Gasteiger partial charge in [0.2, 0.25) is 10.0 Å². The predicted molar refractivity (Wildman–Crippen MR) is 60.4 cm³/mol. The fourth-order valence-electron chi connectivity index (χ4n) is 0.823. The predicted octanol–water partition coefficient (Wildman–Crippen LogP) is -0.651. The number of hydrogen-bond acceptors (Lipinski definition) is 4. The van der Waals surface area contributed by atoms with Gasteiger partial charge in [-0.25, -0.2) is 12.7 Å². The molecular weight excluding hydrogens is 223 g/mol. The zero-order valence-corrected chi connectivity index (χ0v) is 11.0. The molecule has 0 aromatic carbocycles. The first-order chi connectivity index (χ1) is 6.16. The Labute approximate surface area is 88.4 Å². The molecule has 1 N–H and O–H groups in total. The molecule has 3 unspecified atom stereocenters. The largest absolute Gasteiger partial charge is 0.390 e. The molecule has 0 saturated heterocycles. The molecule has 86 valence electrons. The summed E-state index contributed by atoms with van der Waals surface area (Å²) in [6.45, 7) is 1.94. The normalized spacial score (nSPS) is 17.4. The van der Waals surface area contributed by atoms with E-state index in [1.807, 2.05) is 6.92 Å². The fourth-order valence-corrected chi connectivity index (χ4v) is 1.45. The number of aliphatic hydroxyl groups excluding tert-OH is 1. The molecule has 0 rings (SSSR count). The maximum atomic E-state index is 11.1. The van der Waals surface area contributed by atoms with Crippen molar-refractivity contribution in [2.45, 2.75) is 19.1 Å². The summed E-state index contributed by atoms with van der Waals surface area (Å²) < 4.78 is 25.0. The molecule has 0 aliphatic carbocycles. The lowest BCUT2D eigenvalue weighted by Gasteiger charge is -2.27. The average molecular weight is 242 g/mol. The second-order valence-corrected chi connectivity index (χ2v) is 6.42. The Morgan fingerprint density at radius 3 is 2.14 bits per heavy atom. The summed E-state index contributed by atoms with van der Waals surface area (Å²) in [5.74, 6) is 0. The number of hydrogen-bond donors (Lipinski definition) is 1. The van der Waals surface area contributed by atoms with Crippen LogP contribution < -0.4 is 0 Å². The van der Waals surface area contributed by atoms with Gasteiger partial charge in [-0.15, -0.1) is 0 Å². The second kappa shape index (κ2) is 5.37. The lowest BCUT2D eigenvalue weighted by atomic mass is 10.2. The summed E-state index contributed by atoms with van der Waals surface area (Å²) in [4.78, 5) is 0. The topological polar surface area (TPSA) is 60.9 Å². The maximum absolute atomic E-state index is 11.1. The van der Waals surface area contributed by atoms with Crippen LogP contribution in [0.2, 0.25) is 0 Å². The minimum Gasteiger partial charge on any atom is -0.390 e. The van der Waals surface area contributed by atoms with E-state index in [2.05, 4.69) is 9.39 Å². The van der Waals surface area contributed by atoms with Gasteiger partial charge in [0.15, 0.2) is 0 Å². The van der Waals surface area contributed by atoms with Gasteiger partial charge in [0.1, 0.15) is 0 Å². The Bertz CT molecular complexity index is 268. The van der Waals surface area contributed by atoms with Crippen molar-refractivity contribution in [2.75, 3.05) is 26.9 Å². The Morgan fingerprint density at radius 1 is 1.43 bits per heavy atom. The minimum absolute atomic E-state index is 0.107. The Balaban J connectivity index is 4.27. The third-order valence-electron chi connectivity index (χ3n) is 2.21. The number of sulfonamides is 1. The van der Waals surface area contributed by atoms with Crippen molar-refractivity contribution in [3.8, 4) is 0 Å². The van der Waals surface area contributed by atoms with Gasteiger partial charge >= 0.3 is 0 Å². The van der Waals surface area contributed by atoms with Crippen molar-refractivity contribution in [3.05, 3.63) is 0 Å². The van der Waals surface area contributed by atoms with Crippen LogP contribution in [0.4, 0.5) is 0 Å². The highest BCUT2D eigenvalue weighted by atomic mass is 32.2. The number of aliphatic hydroxyl groups is 1. The fraction of sp³-hybridized carbons (Fsp3) is 1.00. The van der Waals surface area contributed by atoms with Crippen LogP contribution in [0.1, 0.15) is 6.92 Å². The van der Waals surface area contributed by atoms with Crippen molar-refractivity contribution in [1.29, 1.82) is 0 Å². The first kappa shape index (κ1) is 14.3. The molecule has 0 heterocycles. The number of rotatable bonds is 5. The van der Waals surface area contributed by atoms with Crippen LogP contribution in [0.25, 0.3) is 0 Å². The smallest absolute Gasteiger partial charge is 0.211 e. The van der Waals surface area contributed by atoms with Crippen LogP contribution in [-0.4, -0.2) is 61.5 Å². The van der Waals surface area contributed by atoms with Crippen LogP contribution in [0.5, 0.6) is 0 Å². The molecule has 0 bridgehead atoms.